The lowest BCUT2D eigenvalue weighted by Crippen LogP contribution is -2.14. The van der Waals surface area contributed by atoms with Gasteiger partial charge in [-0.1, -0.05) is 49.6 Å². The Hall–Kier alpha value is -0.470. The summed E-state index contributed by atoms with van der Waals surface area (Å²) in [7, 11) is 0. The maximum Gasteiger partial charge on any atom is 0.0330 e. The van der Waals surface area contributed by atoms with E-state index in [1.165, 1.54) is 24.0 Å². The lowest BCUT2D eigenvalue weighted by atomic mass is 10.1. The molecule has 1 nitrogen and oxygen atoms in total. The molecule has 0 fully saturated rings. The Bertz CT molecular complexity index is 266. The highest BCUT2D eigenvalue weighted by Crippen LogP contribution is 2.12. The van der Waals surface area contributed by atoms with Crippen LogP contribution in [0.2, 0.25) is 0 Å². The van der Waals surface area contributed by atoms with Gasteiger partial charge in [-0.25, -0.2) is 0 Å². The molecule has 84 valence electrons. The Morgan fingerprint density at radius 1 is 1.13 bits per heavy atom. The van der Waals surface area contributed by atoms with Crippen LogP contribution < -0.4 is 4.72 Å². The van der Waals surface area contributed by atoms with Crippen LogP contribution in [-0.2, 0) is 12.2 Å². The van der Waals surface area contributed by atoms with Gasteiger partial charge < -0.3 is 0 Å². The zero-order valence-electron chi connectivity index (χ0n) is 9.92. The lowest BCUT2D eigenvalue weighted by molar-refractivity contribution is 0.770. The van der Waals surface area contributed by atoms with E-state index in [0.29, 0.717) is 6.04 Å². The van der Waals surface area contributed by atoms with Gasteiger partial charge in [0.2, 0.25) is 0 Å². The third-order valence-electron chi connectivity index (χ3n) is 2.12. The van der Waals surface area contributed by atoms with E-state index < -0.39 is 0 Å². The molecular weight excluding hydrogens is 202 g/mol. The van der Waals surface area contributed by atoms with Crippen LogP contribution in [0.1, 0.15) is 38.3 Å². The smallest absolute Gasteiger partial charge is 0.0330 e. The molecule has 1 N–H and O–H groups in total. The number of hydrogen-bond acceptors (Lipinski definition) is 2. The molecule has 0 bridgehead atoms. The van der Waals surface area contributed by atoms with Gasteiger partial charge >= 0.3 is 0 Å². The highest BCUT2D eigenvalue weighted by molar-refractivity contribution is 7.96. The summed E-state index contributed by atoms with van der Waals surface area (Å²) >= 11 is 1.78. The van der Waals surface area contributed by atoms with Gasteiger partial charge in [-0.05, 0) is 31.4 Å². The molecule has 0 aromatic heterocycles. The van der Waals surface area contributed by atoms with Gasteiger partial charge in [0.15, 0.2) is 0 Å². The first-order valence-electron chi connectivity index (χ1n) is 5.67. The SMILES string of the molecule is CCCc1ccc(CSNC(C)C)cc1. The molecular formula is C13H21NS. The van der Waals surface area contributed by atoms with Crippen LogP contribution in [0.5, 0.6) is 0 Å². The Labute approximate surface area is 97.8 Å². The molecule has 0 aliphatic heterocycles. The molecule has 15 heavy (non-hydrogen) atoms. The Morgan fingerprint density at radius 3 is 2.27 bits per heavy atom. The predicted octanol–water partition coefficient (Wildman–Crippen LogP) is 3.79. The van der Waals surface area contributed by atoms with Crippen LogP contribution in [0.25, 0.3) is 0 Å². The fourth-order valence-corrected chi connectivity index (χ4v) is 2.16. The fourth-order valence-electron chi connectivity index (χ4n) is 1.38. The van der Waals surface area contributed by atoms with Gasteiger partial charge in [0, 0.05) is 11.8 Å². The van der Waals surface area contributed by atoms with Crippen LogP contribution in [-0.4, -0.2) is 6.04 Å². The van der Waals surface area contributed by atoms with Crippen molar-refractivity contribution in [1.29, 1.82) is 0 Å². The van der Waals surface area contributed by atoms with Crippen molar-refractivity contribution in [2.75, 3.05) is 0 Å². The average Bonchev–Trinajstić information content (AvgIpc) is 2.20. The normalized spacial score (nSPS) is 10.9. The van der Waals surface area contributed by atoms with Gasteiger partial charge in [0.25, 0.3) is 0 Å². The van der Waals surface area contributed by atoms with E-state index in [0.717, 1.165) is 5.75 Å². The fraction of sp³-hybridized carbons (Fsp3) is 0.538. The van der Waals surface area contributed by atoms with Crippen molar-refractivity contribution >= 4 is 11.9 Å². The van der Waals surface area contributed by atoms with Crippen molar-refractivity contribution in [2.24, 2.45) is 0 Å². The molecule has 1 rings (SSSR count). The number of benzene rings is 1. The van der Waals surface area contributed by atoms with Crippen LogP contribution in [0.3, 0.4) is 0 Å². The molecule has 0 aliphatic rings. The summed E-state index contributed by atoms with van der Waals surface area (Å²) in [6.45, 7) is 6.55. The molecule has 1 aromatic rings. The second kappa shape index (κ2) is 6.91. The molecule has 0 atom stereocenters. The third kappa shape index (κ3) is 5.24. The number of rotatable bonds is 6. The van der Waals surface area contributed by atoms with Gasteiger partial charge in [0.1, 0.15) is 0 Å². The second-order valence-electron chi connectivity index (χ2n) is 4.13. The van der Waals surface area contributed by atoms with E-state index >= 15 is 0 Å². The Morgan fingerprint density at radius 2 is 1.73 bits per heavy atom. The quantitative estimate of drug-likeness (QED) is 0.736. The minimum atomic E-state index is 0.550. The number of hydrogen-bond donors (Lipinski definition) is 1. The van der Waals surface area contributed by atoms with Crippen LogP contribution in [0.15, 0.2) is 24.3 Å². The van der Waals surface area contributed by atoms with Crippen molar-refractivity contribution in [3.8, 4) is 0 Å². The van der Waals surface area contributed by atoms with Crippen LogP contribution in [0.4, 0.5) is 0 Å². The van der Waals surface area contributed by atoms with Crippen molar-refractivity contribution in [1.82, 2.24) is 4.72 Å². The number of nitrogens with one attached hydrogen (secondary N) is 1. The predicted molar refractivity (Wildman–Crippen MR) is 70.0 cm³/mol. The van der Waals surface area contributed by atoms with E-state index in [-0.39, 0.29) is 0 Å². The summed E-state index contributed by atoms with van der Waals surface area (Å²) in [4.78, 5) is 0. The molecule has 1 aromatic carbocycles. The first-order valence-corrected chi connectivity index (χ1v) is 6.66. The minimum Gasteiger partial charge on any atom is -0.261 e. The highest BCUT2D eigenvalue weighted by atomic mass is 32.2. The van der Waals surface area contributed by atoms with E-state index in [4.69, 9.17) is 0 Å². The zero-order valence-corrected chi connectivity index (χ0v) is 10.7. The Balaban J connectivity index is 2.36. The molecule has 0 heterocycles. The van der Waals surface area contributed by atoms with Gasteiger partial charge in [0.05, 0.1) is 0 Å². The molecule has 0 amide bonds. The van der Waals surface area contributed by atoms with Crippen molar-refractivity contribution in [3.05, 3.63) is 35.4 Å². The van der Waals surface area contributed by atoms with E-state index in [1.54, 1.807) is 11.9 Å². The summed E-state index contributed by atoms with van der Waals surface area (Å²) in [6.07, 6.45) is 2.42. The largest absolute Gasteiger partial charge is 0.261 e. The molecule has 0 radical (unpaired) electrons. The minimum absolute atomic E-state index is 0.550. The molecule has 0 aliphatic carbocycles. The van der Waals surface area contributed by atoms with Gasteiger partial charge in [-0.2, -0.15) is 0 Å². The van der Waals surface area contributed by atoms with E-state index in [2.05, 4.69) is 49.8 Å². The van der Waals surface area contributed by atoms with Crippen LogP contribution in [0, 0.1) is 0 Å². The third-order valence-corrected chi connectivity index (χ3v) is 3.24. The lowest BCUT2D eigenvalue weighted by Gasteiger charge is -2.07. The first-order chi connectivity index (χ1) is 7.22. The first kappa shape index (κ1) is 12.6. The maximum atomic E-state index is 3.35. The van der Waals surface area contributed by atoms with Crippen molar-refractivity contribution in [2.45, 2.75) is 45.4 Å². The number of aryl methyl sites for hydroxylation is 1. The molecule has 0 saturated heterocycles. The summed E-state index contributed by atoms with van der Waals surface area (Å²) in [6, 6.07) is 9.51. The van der Waals surface area contributed by atoms with Gasteiger partial charge in [-0.15, -0.1) is 0 Å². The van der Waals surface area contributed by atoms with Crippen molar-refractivity contribution in [3.63, 3.8) is 0 Å². The van der Waals surface area contributed by atoms with E-state index in [9.17, 15) is 0 Å². The monoisotopic (exact) mass is 223 g/mol. The molecule has 0 saturated carbocycles. The van der Waals surface area contributed by atoms with Crippen molar-refractivity contribution < 1.29 is 0 Å². The topological polar surface area (TPSA) is 12.0 Å². The summed E-state index contributed by atoms with van der Waals surface area (Å²) in [5, 5.41) is 0. The van der Waals surface area contributed by atoms with E-state index in [1.807, 2.05) is 0 Å². The summed E-state index contributed by atoms with van der Waals surface area (Å²) in [5.74, 6) is 1.05. The van der Waals surface area contributed by atoms with Crippen LogP contribution >= 0.6 is 11.9 Å². The maximum absolute atomic E-state index is 3.35. The average molecular weight is 223 g/mol. The highest BCUT2D eigenvalue weighted by Gasteiger charge is 1.96. The summed E-state index contributed by atoms with van der Waals surface area (Å²) < 4.78 is 3.35. The molecule has 0 unspecified atom stereocenters. The zero-order chi connectivity index (χ0) is 11.1. The van der Waals surface area contributed by atoms with Gasteiger partial charge in [-0.3, -0.25) is 4.72 Å². The molecule has 0 spiro atoms. The Kier molecular flexibility index (Phi) is 5.81. The molecule has 2 heteroatoms. The standard InChI is InChI=1S/C13H21NS/c1-4-5-12-6-8-13(9-7-12)10-15-14-11(2)3/h6-9,11,14H,4-5,10H2,1-3H3. The second-order valence-corrected chi connectivity index (χ2v) is 4.94. The summed E-state index contributed by atoms with van der Waals surface area (Å²) in [5.41, 5.74) is 2.84.